The maximum absolute atomic E-state index is 13.1. The van der Waals surface area contributed by atoms with E-state index in [0.717, 1.165) is 0 Å². The van der Waals surface area contributed by atoms with Gasteiger partial charge in [-0.3, -0.25) is 9.59 Å². The first-order valence-electron chi connectivity index (χ1n) is 9.67. The van der Waals surface area contributed by atoms with Crippen molar-refractivity contribution >= 4 is 21.8 Å². The molecular formula is C19H29N3O7S. The zero-order valence-electron chi connectivity index (χ0n) is 17.2. The van der Waals surface area contributed by atoms with Crippen molar-refractivity contribution in [2.45, 2.75) is 49.1 Å². The van der Waals surface area contributed by atoms with Gasteiger partial charge in [-0.05, 0) is 31.4 Å². The summed E-state index contributed by atoms with van der Waals surface area (Å²) in [6.07, 6.45) is 0.375. The number of methoxy groups -OCH3 is 2. The van der Waals surface area contributed by atoms with E-state index in [2.05, 4.69) is 5.32 Å². The molecule has 0 aliphatic carbocycles. The predicted molar refractivity (Wildman–Crippen MR) is 109 cm³/mol. The Bertz CT molecular complexity index is 860. The molecule has 1 aromatic carbocycles. The number of nitrogens with two attached hydrogens (primary N) is 1. The van der Waals surface area contributed by atoms with E-state index in [0.29, 0.717) is 25.0 Å². The minimum absolute atomic E-state index is 0.0290. The normalized spacial score (nSPS) is 20.2. The van der Waals surface area contributed by atoms with Gasteiger partial charge in [-0.25, -0.2) is 8.42 Å². The molecule has 1 aliphatic rings. The predicted octanol–water partition coefficient (Wildman–Crippen LogP) is -0.0104. The number of β-amino-alcohol motifs (C(OH)–C–C–N with tert-alkyl or cyclic N) is 1. The quantitative estimate of drug-likeness (QED) is 0.486. The molecule has 30 heavy (non-hydrogen) atoms. The second-order valence-electron chi connectivity index (χ2n) is 7.08. The average molecular weight is 444 g/mol. The molecule has 10 nitrogen and oxygen atoms in total. The molecule has 11 heteroatoms. The van der Waals surface area contributed by atoms with Gasteiger partial charge in [-0.2, -0.15) is 4.31 Å². The topological polar surface area (TPSA) is 148 Å². The maximum Gasteiger partial charge on any atom is 0.243 e. The van der Waals surface area contributed by atoms with Crippen LogP contribution in [-0.2, 0) is 19.6 Å². The van der Waals surface area contributed by atoms with E-state index >= 15 is 0 Å². The number of nitrogens with one attached hydrogen (secondary N) is 1. The van der Waals surface area contributed by atoms with E-state index in [4.69, 9.17) is 15.2 Å². The van der Waals surface area contributed by atoms with Crippen LogP contribution in [0.2, 0.25) is 0 Å². The molecule has 168 valence electrons. The van der Waals surface area contributed by atoms with Crippen molar-refractivity contribution in [1.29, 1.82) is 0 Å². The highest BCUT2D eigenvalue weighted by Crippen LogP contribution is 2.31. The summed E-state index contributed by atoms with van der Waals surface area (Å²) in [4.78, 5) is 22.8. The van der Waals surface area contributed by atoms with Crippen LogP contribution < -0.4 is 20.5 Å². The minimum atomic E-state index is -3.88. The summed E-state index contributed by atoms with van der Waals surface area (Å²) >= 11 is 0. The van der Waals surface area contributed by atoms with Crippen molar-refractivity contribution in [3.63, 3.8) is 0 Å². The molecule has 1 fully saturated rings. The second-order valence-corrected chi connectivity index (χ2v) is 9.02. The molecule has 1 heterocycles. The molecule has 2 atom stereocenters. The first kappa shape index (κ1) is 23.9. The highest BCUT2D eigenvalue weighted by molar-refractivity contribution is 7.89. The highest BCUT2D eigenvalue weighted by Gasteiger charge is 2.33. The van der Waals surface area contributed by atoms with Crippen molar-refractivity contribution in [3.8, 4) is 11.5 Å². The number of benzene rings is 1. The van der Waals surface area contributed by atoms with Crippen LogP contribution in [0.5, 0.6) is 11.5 Å². The summed E-state index contributed by atoms with van der Waals surface area (Å²) in [7, 11) is -1.00. The Kier molecular flexibility index (Phi) is 8.44. The van der Waals surface area contributed by atoms with Gasteiger partial charge in [0.2, 0.25) is 21.8 Å². The lowest BCUT2D eigenvalue weighted by atomic mass is 10.1. The van der Waals surface area contributed by atoms with E-state index in [1.165, 1.54) is 36.7 Å². The smallest absolute Gasteiger partial charge is 0.243 e. The molecule has 4 N–H and O–H groups in total. The van der Waals surface area contributed by atoms with Crippen molar-refractivity contribution in [1.82, 2.24) is 9.62 Å². The zero-order valence-corrected chi connectivity index (χ0v) is 18.0. The number of amides is 2. The lowest BCUT2D eigenvalue weighted by Gasteiger charge is -2.25. The van der Waals surface area contributed by atoms with Gasteiger partial charge >= 0.3 is 0 Å². The summed E-state index contributed by atoms with van der Waals surface area (Å²) in [5.74, 6) is -0.0914. The van der Waals surface area contributed by atoms with E-state index in [1.54, 1.807) is 0 Å². The third-order valence-electron chi connectivity index (χ3n) is 4.94. The molecule has 0 bridgehead atoms. The Morgan fingerprint density at radius 3 is 2.57 bits per heavy atom. The summed E-state index contributed by atoms with van der Waals surface area (Å²) in [6, 6.07) is 3.74. The van der Waals surface area contributed by atoms with Gasteiger partial charge in [0.25, 0.3) is 0 Å². The van der Waals surface area contributed by atoms with Gasteiger partial charge < -0.3 is 25.6 Å². The number of carbonyl (C=O) groups is 2. The Balaban J connectivity index is 2.07. The number of ether oxygens (including phenoxy) is 2. The Morgan fingerprint density at radius 1 is 1.23 bits per heavy atom. The molecule has 2 amide bonds. The number of aliphatic hydroxyl groups is 1. The zero-order chi connectivity index (χ0) is 22.3. The van der Waals surface area contributed by atoms with Crippen LogP contribution >= 0.6 is 0 Å². The molecule has 1 aliphatic heterocycles. The number of nitrogens with zero attached hydrogens (tertiary/aromatic N) is 1. The maximum atomic E-state index is 13.1. The van der Waals surface area contributed by atoms with Crippen molar-refractivity contribution in [2.24, 2.45) is 5.73 Å². The van der Waals surface area contributed by atoms with Crippen LogP contribution in [-0.4, -0.2) is 69.1 Å². The van der Waals surface area contributed by atoms with Gasteiger partial charge in [0.05, 0.1) is 31.3 Å². The van der Waals surface area contributed by atoms with Crippen LogP contribution in [0.1, 0.15) is 32.1 Å². The lowest BCUT2D eigenvalue weighted by molar-refractivity contribution is -0.123. The number of sulfonamides is 1. The largest absolute Gasteiger partial charge is 0.493 e. The summed E-state index contributed by atoms with van der Waals surface area (Å²) in [5.41, 5.74) is 5.06. The second kappa shape index (κ2) is 10.6. The van der Waals surface area contributed by atoms with Gasteiger partial charge in [-0.1, -0.05) is 0 Å². The molecular weight excluding hydrogens is 414 g/mol. The van der Waals surface area contributed by atoms with Crippen LogP contribution in [0.15, 0.2) is 23.1 Å². The average Bonchev–Trinajstić information content (AvgIpc) is 2.89. The molecule has 0 aromatic heterocycles. The Hall–Kier alpha value is -2.37. The third-order valence-corrected chi connectivity index (χ3v) is 6.81. The number of primary amides is 1. The number of hydrogen-bond acceptors (Lipinski definition) is 7. The summed E-state index contributed by atoms with van der Waals surface area (Å²) < 4.78 is 37.7. The molecule has 0 spiro atoms. The molecule has 1 saturated heterocycles. The fraction of sp³-hybridized carbons (Fsp3) is 0.579. The third kappa shape index (κ3) is 6.07. The number of hydrogen-bond donors (Lipinski definition) is 3. The number of rotatable bonds is 9. The Labute approximate surface area is 176 Å². The SMILES string of the molecule is COc1ccc(S(=O)(=O)N2CCCC(NC(=O)CCCC(N)=O)[C@@H](O)C2)cc1OC. The molecule has 2 rings (SSSR count). The first-order chi connectivity index (χ1) is 14.2. The van der Waals surface area contributed by atoms with Crippen molar-refractivity contribution in [2.75, 3.05) is 27.3 Å². The van der Waals surface area contributed by atoms with Crippen molar-refractivity contribution in [3.05, 3.63) is 18.2 Å². The minimum Gasteiger partial charge on any atom is -0.493 e. The summed E-state index contributed by atoms with van der Waals surface area (Å²) in [6.45, 7) is 0.0602. The van der Waals surface area contributed by atoms with Crippen LogP contribution in [0.25, 0.3) is 0 Å². The van der Waals surface area contributed by atoms with E-state index in [1.807, 2.05) is 0 Å². The van der Waals surface area contributed by atoms with Crippen LogP contribution in [0.3, 0.4) is 0 Å². The molecule has 0 saturated carbocycles. The standard InChI is InChI=1S/C19H29N3O7S/c1-28-16-9-8-13(11-17(16)29-2)30(26,27)22-10-4-5-14(15(23)12-22)21-19(25)7-3-6-18(20)24/h8-9,11,14-15,23H,3-7,10,12H2,1-2H3,(H2,20,24)(H,21,25)/t14?,15-/m0/s1. The molecule has 1 aromatic rings. The van der Waals surface area contributed by atoms with Crippen LogP contribution in [0, 0.1) is 0 Å². The first-order valence-corrected chi connectivity index (χ1v) is 11.1. The van der Waals surface area contributed by atoms with Gasteiger partial charge in [-0.15, -0.1) is 0 Å². The number of aliphatic hydroxyl groups excluding tert-OH is 1. The Morgan fingerprint density at radius 2 is 1.93 bits per heavy atom. The van der Waals surface area contributed by atoms with Crippen molar-refractivity contribution < 1.29 is 32.6 Å². The van der Waals surface area contributed by atoms with E-state index in [-0.39, 0.29) is 42.5 Å². The monoisotopic (exact) mass is 443 g/mol. The van der Waals surface area contributed by atoms with Crippen LogP contribution in [0.4, 0.5) is 0 Å². The lowest BCUT2D eigenvalue weighted by Crippen LogP contribution is -2.47. The van der Waals surface area contributed by atoms with E-state index in [9.17, 15) is 23.1 Å². The van der Waals surface area contributed by atoms with Gasteiger partial charge in [0, 0.05) is 32.0 Å². The van der Waals surface area contributed by atoms with E-state index < -0.39 is 28.1 Å². The number of carbonyl (C=O) groups excluding carboxylic acids is 2. The molecule has 0 radical (unpaired) electrons. The molecule has 1 unspecified atom stereocenters. The van der Waals surface area contributed by atoms with Gasteiger partial charge in [0.15, 0.2) is 11.5 Å². The summed E-state index contributed by atoms with van der Waals surface area (Å²) in [5, 5.41) is 13.3. The fourth-order valence-corrected chi connectivity index (χ4v) is 4.83. The highest BCUT2D eigenvalue weighted by atomic mass is 32.2. The fourth-order valence-electron chi connectivity index (χ4n) is 3.32. The van der Waals surface area contributed by atoms with Gasteiger partial charge in [0.1, 0.15) is 0 Å².